The van der Waals surface area contributed by atoms with Crippen molar-refractivity contribution < 1.29 is 9.18 Å². The summed E-state index contributed by atoms with van der Waals surface area (Å²) in [6.07, 6.45) is 7.24. The van der Waals surface area contributed by atoms with E-state index in [1.165, 1.54) is 16.8 Å². The molecule has 0 spiro atoms. The van der Waals surface area contributed by atoms with Gasteiger partial charge in [-0.1, -0.05) is 13.0 Å². The van der Waals surface area contributed by atoms with Crippen molar-refractivity contribution in [2.45, 2.75) is 26.3 Å². The highest BCUT2D eigenvalue weighted by Crippen LogP contribution is 2.18. The summed E-state index contributed by atoms with van der Waals surface area (Å²) in [5, 5.41) is 4.05. The Bertz CT molecular complexity index is 726. The fourth-order valence-corrected chi connectivity index (χ4v) is 2.31. The van der Waals surface area contributed by atoms with Gasteiger partial charge in [-0.15, -0.1) is 0 Å². The average Bonchev–Trinajstić information content (AvgIpc) is 2.97. The summed E-state index contributed by atoms with van der Waals surface area (Å²) in [7, 11) is 1.76. The van der Waals surface area contributed by atoms with E-state index in [-0.39, 0.29) is 11.9 Å². The summed E-state index contributed by atoms with van der Waals surface area (Å²) in [4.78, 5) is 13.7. The Hall–Kier alpha value is -1.95. The molecule has 0 N–H and O–H groups in total. The second kappa shape index (κ2) is 7.55. The van der Waals surface area contributed by atoms with E-state index < -0.39 is 5.82 Å². The summed E-state index contributed by atoms with van der Waals surface area (Å²) >= 11 is 3.28. The van der Waals surface area contributed by atoms with Crippen LogP contribution in [0.1, 0.15) is 25.8 Å². The minimum Gasteiger partial charge on any atom is -0.340 e. The highest BCUT2D eigenvalue weighted by atomic mass is 79.9. The molecule has 1 atom stereocenters. The van der Waals surface area contributed by atoms with Crippen LogP contribution in [-0.4, -0.2) is 33.7 Å². The van der Waals surface area contributed by atoms with Crippen molar-refractivity contribution in [2.75, 3.05) is 7.05 Å². The maximum atomic E-state index is 14.2. The quantitative estimate of drug-likeness (QED) is 0.735. The smallest absolute Gasteiger partial charge is 0.246 e. The third-order valence-corrected chi connectivity index (χ3v) is 4.20. The number of benzene rings is 1. The number of carbonyl (C=O) groups is 1. The van der Waals surface area contributed by atoms with Crippen molar-refractivity contribution in [1.82, 2.24) is 14.7 Å². The van der Waals surface area contributed by atoms with Gasteiger partial charge in [-0.2, -0.15) is 5.10 Å². The van der Waals surface area contributed by atoms with Crippen LogP contribution in [0.4, 0.5) is 4.39 Å². The van der Waals surface area contributed by atoms with Gasteiger partial charge in [-0.05, 0) is 53.0 Å². The van der Waals surface area contributed by atoms with Crippen molar-refractivity contribution >= 4 is 27.9 Å². The van der Waals surface area contributed by atoms with Gasteiger partial charge in [0.1, 0.15) is 11.5 Å². The number of aromatic nitrogens is 2. The molecule has 4 nitrogen and oxygen atoms in total. The lowest BCUT2D eigenvalue weighted by atomic mass is 10.1. The Labute approximate surface area is 143 Å². The molecule has 2 rings (SSSR count). The number of rotatable bonds is 5. The molecule has 1 unspecified atom stereocenters. The Morgan fingerprint density at radius 2 is 2.26 bits per heavy atom. The van der Waals surface area contributed by atoms with Crippen LogP contribution in [0.5, 0.6) is 0 Å². The number of carbonyl (C=O) groups excluding carboxylic acids is 1. The van der Waals surface area contributed by atoms with E-state index in [9.17, 15) is 9.18 Å². The van der Waals surface area contributed by atoms with Crippen molar-refractivity contribution in [3.63, 3.8) is 0 Å². The molecule has 0 bridgehead atoms. The molecule has 0 fully saturated rings. The molecule has 0 aliphatic carbocycles. The van der Waals surface area contributed by atoms with Gasteiger partial charge in [0.25, 0.3) is 0 Å². The molecule has 0 saturated carbocycles. The maximum Gasteiger partial charge on any atom is 0.246 e. The molecule has 1 amide bonds. The first kappa shape index (κ1) is 17.4. The SMILES string of the molecule is CCC(C)N(C)C(=O)/C=C/c1ccc(-n2cc(Br)cn2)c(F)c1. The summed E-state index contributed by atoms with van der Waals surface area (Å²) in [6, 6.07) is 4.94. The minimum atomic E-state index is -0.398. The zero-order valence-electron chi connectivity index (χ0n) is 13.3. The van der Waals surface area contributed by atoms with Gasteiger partial charge in [0.15, 0.2) is 0 Å². The zero-order valence-corrected chi connectivity index (χ0v) is 14.9. The van der Waals surface area contributed by atoms with Gasteiger partial charge in [0.2, 0.25) is 5.91 Å². The summed E-state index contributed by atoms with van der Waals surface area (Å²) < 4.78 is 16.4. The van der Waals surface area contributed by atoms with Crippen LogP contribution in [0.2, 0.25) is 0 Å². The first-order chi connectivity index (χ1) is 10.9. The van der Waals surface area contributed by atoms with Crippen LogP contribution in [0, 0.1) is 5.82 Å². The van der Waals surface area contributed by atoms with Crippen molar-refractivity contribution in [3.8, 4) is 5.69 Å². The van der Waals surface area contributed by atoms with Gasteiger partial charge in [-0.25, -0.2) is 9.07 Å². The lowest BCUT2D eigenvalue weighted by Gasteiger charge is -2.22. The molecule has 0 aliphatic heterocycles. The summed E-state index contributed by atoms with van der Waals surface area (Å²) in [5.41, 5.74) is 0.985. The first-order valence-corrected chi connectivity index (χ1v) is 8.16. The molecule has 0 radical (unpaired) electrons. The predicted molar refractivity (Wildman–Crippen MR) is 92.8 cm³/mol. The van der Waals surface area contributed by atoms with E-state index in [1.807, 2.05) is 13.8 Å². The van der Waals surface area contributed by atoms with E-state index in [2.05, 4.69) is 21.0 Å². The van der Waals surface area contributed by atoms with Crippen LogP contribution in [0.25, 0.3) is 11.8 Å². The van der Waals surface area contributed by atoms with Crippen LogP contribution >= 0.6 is 15.9 Å². The average molecular weight is 380 g/mol. The van der Waals surface area contributed by atoms with Gasteiger partial charge in [-0.3, -0.25) is 4.79 Å². The summed E-state index contributed by atoms with van der Waals surface area (Å²) in [5.74, 6) is -0.495. The number of hydrogen-bond donors (Lipinski definition) is 0. The molecule has 0 saturated heterocycles. The fraction of sp³-hybridized carbons (Fsp3) is 0.294. The Morgan fingerprint density at radius 1 is 1.52 bits per heavy atom. The third-order valence-electron chi connectivity index (χ3n) is 3.79. The Kier molecular flexibility index (Phi) is 5.71. The molecule has 6 heteroatoms. The van der Waals surface area contributed by atoms with E-state index in [0.717, 1.165) is 10.9 Å². The highest BCUT2D eigenvalue weighted by Gasteiger charge is 2.11. The molecular formula is C17H19BrFN3O. The summed E-state index contributed by atoms with van der Waals surface area (Å²) in [6.45, 7) is 4.02. The predicted octanol–water partition coefficient (Wildman–Crippen LogP) is 4.04. The Morgan fingerprint density at radius 3 is 2.83 bits per heavy atom. The first-order valence-electron chi connectivity index (χ1n) is 7.37. The lowest BCUT2D eigenvalue weighted by molar-refractivity contribution is -0.126. The maximum absolute atomic E-state index is 14.2. The molecule has 0 aliphatic rings. The monoisotopic (exact) mass is 379 g/mol. The normalized spacial score (nSPS) is 12.6. The van der Waals surface area contributed by atoms with E-state index in [4.69, 9.17) is 0 Å². The second-order valence-electron chi connectivity index (χ2n) is 5.35. The number of halogens is 2. The largest absolute Gasteiger partial charge is 0.340 e. The standard InChI is InChI=1S/C17H19BrFN3O/c1-4-12(2)21(3)17(23)8-6-13-5-7-16(15(19)9-13)22-11-14(18)10-20-22/h5-12H,4H2,1-3H3/b8-6+. The van der Waals surface area contributed by atoms with Crippen LogP contribution in [-0.2, 0) is 4.79 Å². The highest BCUT2D eigenvalue weighted by molar-refractivity contribution is 9.10. The fourth-order valence-electron chi connectivity index (χ4n) is 2.02. The molecule has 23 heavy (non-hydrogen) atoms. The third kappa shape index (κ3) is 4.28. The van der Waals surface area contributed by atoms with Gasteiger partial charge < -0.3 is 4.90 Å². The molecule has 1 heterocycles. The molecular weight excluding hydrogens is 361 g/mol. The topological polar surface area (TPSA) is 38.1 Å². The van der Waals surface area contributed by atoms with Crippen LogP contribution in [0.3, 0.4) is 0 Å². The van der Waals surface area contributed by atoms with Gasteiger partial charge >= 0.3 is 0 Å². The van der Waals surface area contributed by atoms with Crippen molar-refractivity contribution in [1.29, 1.82) is 0 Å². The molecule has 1 aromatic heterocycles. The number of amides is 1. The van der Waals surface area contributed by atoms with Crippen molar-refractivity contribution in [2.24, 2.45) is 0 Å². The number of nitrogens with zero attached hydrogens (tertiary/aromatic N) is 3. The number of hydrogen-bond acceptors (Lipinski definition) is 2. The van der Waals surface area contributed by atoms with Crippen molar-refractivity contribution in [3.05, 3.63) is 52.5 Å². The molecule has 122 valence electrons. The van der Waals surface area contributed by atoms with Gasteiger partial charge in [0, 0.05) is 25.4 Å². The second-order valence-corrected chi connectivity index (χ2v) is 6.27. The van der Waals surface area contributed by atoms with E-state index in [1.54, 1.807) is 42.6 Å². The van der Waals surface area contributed by atoms with E-state index in [0.29, 0.717) is 11.3 Å². The molecule has 1 aromatic carbocycles. The van der Waals surface area contributed by atoms with Crippen LogP contribution < -0.4 is 0 Å². The van der Waals surface area contributed by atoms with E-state index >= 15 is 0 Å². The molecule has 2 aromatic rings. The zero-order chi connectivity index (χ0) is 17.0. The number of likely N-dealkylation sites (N-methyl/N-ethyl adjacent to an activating group) is 1. The Balaban J connectivity index is 2.14. The lowest BCUT2D eigenvalue weighted by Crippen LogP contribution is -2.33. The minimum absolute atomic E-state index is 0.0974. The van der Waals surface area contributed by atoms with Gasteiger partial charge in [0.05, 0.1) is 10.7 Å². The van der Waals surface area contributed by atoms with Crippen LogP contribution in [0.15, 0.2) is 41.1 Å².